The number of imidazole rings is 1. The van der Waals surface area contributed by atoms with Gasteiger partial charge >= 0.3 is 0 Å². The van der Waals surface area contributed by atoms with Gasteiger partial charge in [-0.3, -0.25) is 0 Å². The fourth-order valence-electron chi connectivity index (χ4n) is 2.40. The molecule has 1 aromatic carbocycles. The number of hydrogen-bond acceptors (Lipinski definition) is 3. The van der Waals surface area contributed by atoms with Gasteiger partial charge in [0.25, 0.3) is 0 Å². The van der Waals surface area contributed by atoms with Gasteiger partial charge in [0, 0.05) is 7.11 Å². The van der Waals surface area contributed by atoms with Crippen molar-refractivity contribution >= 4 is 23.3 Å². The number of hydrogen-bond donors (Lipinski definition) is 1. The lowest BCUT2D eigenvalue weighted by molar-refractivity contribution is 0.154. The summed E-state index contributed by atoms with van der Waals surface area (Å²) in [4.78, 5) is 3.27. The van der Waals surface area contributed by atoms with Gasteiger partial charge in [-0.15, -0.1) is 0 Å². The maximum Gasteiger partial charge on any atom is 0.178 e. The second kappa shape index (κ2) is 6.41. The zero-order valence-corrected chi connectivity index (χ0v) is 13.3. The van der Waals surface area contributed by atoms with Gasteiger partial charge < -0.3 is 19.0 Å². The van der Waals surface area contributed by atoms with Crippen molar-refractivity contribution in [2.24, 2.45) is 0 Å². The number of H-pyrrole nitrogens is 1. The topological polar surface area (TPSA) is 39.2 Å². The monoisotopic (exact) mass is 294 g/mol. The summed E-state index contributed by atoms with van der Waals surface area (Å²) in [6.45, 7) is 6.82. The predicted molar refractivity (Wildman–Crippen MR) is 84.1 cm³/mol. The predicted octanol–water partition coefficient (Wildman–Crippen LogP) is 4.08. The third kappa shape index (κ3) is 2.88. The number of methoxy groups -OCH3 is 1. The Bertz CT molecular complexity index is 630. The zero-order chi connectivity index (χ0) is 14.7. The summed E-state index contributed by atoms with van der Waals surface area (Å²) in [6, 6.07) is 6.26. The summed E-state index contributed by atoms with van der Waals surface area (Å²) in [5, 5.41) is 0. The molecule has 1 aromatic heterocycles. The molecule has 0 spiro atoms. The Kier molecular flexibility index (Phi) is 4.83. The molecule has 0 saturated carbocycles. The Hall–Kier alpha value is -1.33. The van der Waals surface area contributed by atoms with Crippen LogP contribution in [0.15, 0.2) is 18.2 Å². The van der Waals surface area contributed by atoms with Crippen molar-refractivity contribution in [3.63, 3.8) is 0 Å². The largest absolute Gasteiger partial charge is 0.489 e. The van der Waals surface area contributed by atoms with E-state index in [9.17, 15) is 0 Å². The van der Waals surface area contributed by atoms with Crippen LogP contribution >= 0.6 is 12.2 Å². The van der Waals surface area contributed by atoms with Gasteiger partial charge in [0.15, 0.2) is 4.77 Å². The van der Waals surface area contributed by atoms with Crippen LogP contribution < -0.4 is 4.74 Å². The minimum atomic E-state index is 0.131. The molecule has 1 heterocycles. The quantitative estimate of drug-likeness (QED) is 0.816. The van der Waals surface area contributed by atoms with E-state index < -0.39 is 0 Å². The molecule has 110 valence electrons. The first-order valence-electron chi connectivity index (χ1n) is 6.97. The molecule has 2 aromatic rings. The van der Waals surface area contributed by atoms with Crippen LogP contribution in [0.3, 0.4) is 0 Å². The summed E-state index contributed by atoms with van der Waals surface area (Å²) < 4.78 is 14.0. The number of para-hydroxylation sites is 1. The molecule has 0 saturated heterocycles. The third-order valence-electron chi connectivity index (χ3n) is 3.27. The first-order valence-corrected chi connectivity index (χ1v) is 7.38. The third-order valence-corrected chi connectivity index (χ3v) is 3.57. The van der Waals surface area contributed by atoms with E-state index in [1.54, 1.807) is 7.11 Å². The Morgan fingerprint density at radius 2 is 2.10 bits per heavy atom. The highest BCUT2D eigenvalue weighted by Crippen LogP contribution is 2.28. The van der Waals surface area contributed by atoms with Gasteiger partial charge in [0.2, 0.25) is 0 Å². The van der Waals surface area contributed by atoms with Gasteiger partial charge in [-0.25, -0.2) is 0 Å². The number of benzene rings is 1. The Labute approximate surface area is 124 Å². The van der Waals surface area contributed by atoms with E-state index in [0.717, 1.165) is 23.2 Å². The van der Waals surface area contributed by atoms with E-state index in [4.69, 9.17) is 21.7 Å². The van der Waals surface area contributed by atoms with Gasteiger partial charge in [0.05, 0.1) is 24.3 Å². The van der Waals surface area contributed by atoms with Crippen molar-refractivity contribution in [3.8, 4) is 5.75 Å². The number of fused-ring (bicyclic) bond motifs is 1. The Morgan fingerprint density at radius 3 is 2.70 bits per heavy atom. The van der Waals surface area contributed by atoms with Crippen molar-refractivity contribution < 1.29 is 9.47 Å². The number of aromatic nitrogens is 2. The van der Waals surface area contributed by atoms with Crippen molar-refractivity contribution in [1.82, 2.24) is 9.55 Å². The second-order valence-electron chi connectivity index (χ2n) is 5.13. The van der Waals surface area contributed by atoms with Crippen molar-refractivity contribution in [2.75, 3.05) is 13.7 Å². The van der Waals surface area contributed by atoms with Crippen molar-refractivity contribution in [1.29, 1.82) is 0 Å². The number of nitrogens with zero attached hydrogens (tertiary/aromatic N) is 1. The molecule has 0 fully saturated rings. The van der Waals surface area contributed by atoms with E-state index >= 15 is 0 Å². The molecule has 4 nitrogen and oxygen atoms in total. The average Bonchev–Trinajstić information content (AvgIpc) is 2.73. The molecule has 0 aliphatic heterocycles. The highest BCUT2D eigenvalue weighted by molar-refractivity contribution is 7.71. The van der Waals surface area contributed by atoms with E-state index in [1.165, 1.54) is 0 Å². The molecule has 1 atom stereocenters. The Morgan fingerprint density at radius 1 is 1.35 bits per heavy atom. The van der Waals surface area contributed by atoms with Crippen LogP contribution in [0.4, 0.5) is 0 Å². The molecule has 2 rings (SSSR count). The molecule has 1 unspecified atom stereocenters. The minimum Gasteiger partial charge on any atom is -0.489 e. The van der Waals surface area contributed by atoms with E-state index in [1.807, 2.05) is 26.0 Å². The highest BCUT2D eigenvalue weighted by Gasteiger charge is 2.16. The van der Waals surface area contributed by atoms with Crippen LogP contribution in [0.5, 0.6) is 5.75 Å². The number of ether oxygens (including phenoxy) is 2. The molecule has 20 heavy (non-hydrogen) atoms. The van der Waals surface area contributed by atoms with Gasteiger partial charge in [-0.2, -0.15) is 0 Å². The van der Waals surface area contributed by atoms with E-state index in [2.05, 4.69) is 22.5 Å². The Balaban J connectivity index is 2.57. The van der Waals surface area contributed by atoms with E-state index in [-0.39, 0.29) is 12.1 Å². The molecule has 0 radical (unpaired) electrons. The highest BCUT2D eigenvalue weighted by atomic mass is 32.1. The smallest absolute Gasteiger partial charge is 0.178 e. The SMILES string of the molecule is CCC(COC)n1c(=S)[nH]c2c(OC(C)C)cccc21. The maximum atomic E-state index is 5.85. The second-order valence-corrected chi connectivity index (χ2v) is 5.52. The number of nitrogens with one attached hydrogen (secondary N) is 1. The van der Waals surface area contributed by atoms with Crippen molar-refractivity contribution in [2.45, 2.75) is 39.3 Å². The maximum absolute atomic E-state index is 5.85. The lowest BCUT2D eigenvalue weighted by atomic mass is 10.2. The standard InChI is InChI=1S/C15H22N2O2S/c1-5-11(9-18-4)17-12-7-6-8-13(19-10(2)3)14(12)16-15(17)20/h6-8,10-11H,5,9H2,1-4H3,(H,16,20). The fraction of sp³-hybridized carbons (Fsp3) is 0.533. The van der Waals surface area contributed by atoms with Gasteiger partial charge in [0.1, 0.15) is 11.3 Å². The van der Waals surface area contributed by atoms with E-state index in [0.29, 0.717) is 11.4 Å². The molecule has 1 N–H and O–H groups in total. The van der Waals surface area contributed by atoms with Gasteiger partial charge in [-0.1, -0.05) is 13.0 Å². The van der Waals surface area contributed by atoms with Crippen LogP contribution in [-0.4, -0.2) is 29.4 Å². The van der Waals surface area contributed by atoms with Crippen LogP contribution in [0.1, 0.15) is 33.2 Å². The van der Waals surface area contributed by atoms with Crippen LogP contribution in [0, 0.1) is 4.77 Å². The van der Waals surface area contributed by atoms with Crippen molar-refractivity contribution in [3.05, 3.63) is 23.0 Å². The van der Waals surface area contributed by atoms with Crippen LogP contribution in [0.25, 0.3) is 11.0 Å². The van der Waals surface area contributed by atoms with Crippen LogP contribution in [0.2, 0.25) is 0 Å². The summed E-state index contributed by atoms with van der Waals surface area (Å²) >= 11 is 5.48. The van der Waals surface area contributed by atoms with Crippen LogP contribution in [-0.2, 0) is 4.74 Å². The molecule has 0 aliphatic carbocycles. The number of aromatic amines is 1. The molecule has 0 bridgehead atoms. The molecule has 0 aliphatic rings. The number of rotatable bonds is 6. The first-order chi connectivity index (χ1) is 9.58. The van der Waals surface area contributed by atoms with Gasteiger partial charge in [-0.05, 0) is 44.6 Å². The molecular formula is C15H22N2O2S. The lowest BCUT2D eigenvalue weighted by Gasteiger charge is -2.17. The summed E-state index contributed by atoms with van der Waals surface area (Å²) in [5.41, 5.74) is 2.03. The molecule has 5 heteroatoms. The molecule has 0 amide bonds. The summed E-state index contributed by atoms with van der Waals surface area (Å²) in [6.07, 6.45) is 1.09. The lowest BCUT2D eigenvalue weighted by Crippen LogP contribution is -2.13. The average molecular weight is 294 g/mol. The fourth-order valence-corrected chi connectivity index (χ4v) is 2.75. The summed E-state index contributed by atoms with van der Waals surface area (Å²) in [7, 11) is 1.72. The molecular weight excluding hydrogens is 272 g/mol. The minimum absolute atomic E-state index is 0.131. The first kappa shape index (κ1) is 15.1. The normalized spacial score (nSPS) is 13.1. The zero-order valence-electron chi connectivity index (χ0n) is 12.5. The summed E-state index contributed by atoms with van der Waals surface area (Å²) in [5.74, 6) is 0.842.